The van der Waals surface area contributed by atoms with E-state index in [1.165, 1.54) is 11.1 Å². The number of hydrogen-bond donors (Lipinski definition) is 2. The molecule has 32 heavy (non-hydrogen) atoms. The first-order chi connectivity index (χ1) is 15.8. The quantitative estimate of drug-likeness (QED) is 0.372. The number of rotatable bonds is 14. The van der Waals surface area contributed by atoms with E-state index < -0.39 is 0 Å². The Bertz CT molecular complexity index is 841. The van der Waals surface area contributed by atoms with E-state index in [1.807, 2.05) is 48.5 Å². The van der Waals surface area contributed by atoms with E-state index in [9.17, 15) is 0 Å². The Morgan fingerprint density at radius 2 is 0.969 bits per heavy atom. The van der Waals surface area contributed by atoms with E-state index in [0.29, 0.717) is 13.2 Å². The summed E-state index contributed by atoms with van der Waals surface area (Å²) in [7, 11) is 3.31. The fourth-order valence-electron chi connectivity index (χ4n) is 3.14. The zero-order chi connectivity index (χ0) is 22.4. The van der Waals surface area contributed by atoms with Gasteiger partial charge in [-0.2, -0.15) is 0 Å². The van der Waals surface area contributed by atoms with Gasteiger partial charge in [-0.05, 0) is 59.7 Å². The van der Waals surface area contributed by atoms with Crippen molar-refractivity contribution in [2.45, 2.75) is 13.1 Å². The van der Waals surface area contributed by atoms with Crippen LogP contribution in [0.5, 0.6) is 23.0 Å². The highest BCUT2D eigenvalue weighted by atomic mass is 16.5. The van der Waals surface area contributed by atoms with Crippen molar-refractivity contribution >= 4 is 0 Å². The molecule has 0 bridgehead atoms. The maximum absolute atomic E-state index is 5.74. The maximum Gasteiger partial charge on any atom is 0.119 e. The minimum atomic E-state index is 0.613. The van der Waals surface area contributed by atoms with E-state index in [2.05, 4.69) is 34.9 Å². The van der Waals surface area contributed by atoms with Gasteiger partial charge in [-0.25, -0.2) is 0 Å². The lowest BCUT2D eigenvalue weighted by atomic mass is 10.1. The van der Waals surface area contributed by atoms with Crippen molar-refractivity contribution in [2.75, 3.05) is 40.5 Å². The summed E-state index contributed by atoms with van der Waals surface area (Å²) in [6, 6.07) is 23.8. The van der Waals surface area contributed by atoms with Gasteiger partial charge in [0.05, 0.1) is 14.2 Å². The molecule has 0 fully saturated rings. The van der Waals surface area contributed by atoms with Crippen LogP contribution in [0.2, 0.25) is 0 Å². The SMILES string of the molecule is COc1ccc(OCCNCc2cccc(CNCCOc3ccc(OC)cc3)c2)cc1. The number of nitrogens with one attached hydrogen (secondary N) is 2. The molecule has 3 aromatic rings. The molecule has 0 aliphatic rings. The molecule has 0 spiro atoms. The van der Waals surface area contributed by atoms with Gasteiger partial charge in [0.2, 0.25) is 0 Å². The van der Waals surface area contributed by atoms with Gasteiger partial charge in [-0.3, -0.25) is 0 Å². The summed E-state index contributed by atoms with van der Waals surface area (Å²) in [4.78, 5) is 0. The van der Waals surface area contributed by atoms with Gasteiger partial charge in [0.15, 0.2) is 0 Å². The minimum Gasteiger partial charge on any atom is -0.497 e. The largest absolute Gasteiger partial charge is 0.497 e. The van der Waals surface area contributed by atoms with Crippen LogP contribution in [0.1, 0.15) is 11.1 Å². The van der Waals surface area contributed by atoms with Crippen LogP contribution in [-0.4, -0.2) is 40.5 Å². The predicted octanol–water partition coefficient (Wildman–Crippen LogP) is 4.04. The third-order valence-electron chi connectivity index (χ3n) is 4.86. The second kappa shape index (κ2) is 13.2. The fraction of sp³-hybridized carbons (Fsp3) is 0.308. The standard InChI is InChI=1S/C26H32N2O4/c1-29-23-6-10-25(11-7-23)31-16-14-27-19-21-4-3-5-22(18-21)20-28-15-17-32-26-12-8-24(30-2)9-13-26/h3-13,18,27-28H,14-17,19-20H2,1-2H3. The van der Waals surface area contributed by atoms with Crippen molar-refractivity contribution in [3.63, 3.8) is 0 Å². The first-order valence-corrected chi connectivity index (χ1v) is 10.8. The molecule has 0 aromatic heterocycles. The molecule has 6 nitrogen and oxygen atoms in total. The summed E-state index contributed by atoms with van der Waals surface area (Å²) < 4.78 is 21.8. The summed E-state index contributed by atoms with van der Waals surface area (Å²) >= 11 is 0. The summed E-state index contributed by atoms with van der Waals surface area (Å²) in [6.07, 6.45) is 0. The summed E-state index contributed by atoms with van der Waals surface area (Å²) in [5.41, 5.74) is 2.51. The Morgan fingerprint density at radius 3 is 1.38 bits per heavy atom. The number of methoxy groups -OCH3 is 2. The van der Waals surface area contributed by atoms with Gasteiger partial charge >= 0.3 is 0 Å². The average Bonchev–Trinajstić information content (AvgIpc) is 2.84. The van der Waals surface area contributed by atoms with E-state index in [1.54, 1.807) is 14.2 Å². The Hall–Kier alpha value is -3.22. The molecule has 0 saturated heterocycles. The Labute approximate surface area is 190 Å². The van der Waals surface area contributed by atoms with Crippen molar-refractivity contribution in [3.8, 4) is 23.0 Å². The van der Waals surface area contributed by atoms with Crippen LogP contribution in [0.15, 0.2) is 72.8 Å². The van der Waals surface area contributed by atoms with Crippen molar-refractivity contribution in [3.05, 3.63) is 83.9 Å². The second-order valence-corrected chi connectivity index (χ2v) is 7.22. The van der Waals surface area contributed by atoms with Gasteiger partial charge in [0.25, 0.3) is 0 Å². The van der Waals surface area contributed by atoms with Crippen molar-refractivity contribution in [1.82, 2.24) is 10.6 Å². The lowest BCUT2D eigenvalue weighted by Gasteiger charge is -2.10. The fourth-order valence-corrected chi connectivity index (χ4v) is 3.14. The molecule has 0 saturated carbocycles. The summed E-state index contributed by atoms with van der Waals surface area (Å²) in [5, 5.41) is 6.85. The molecule has 0 radical (unpaired) electrons. The molecule has 0 aliphatic carbocycles. The molecule has 0 aliphatic heterocycles. The topological polar surface area (TPSA) is 61.0 Å². The van der Waals surface area contributed by atoms with E-state index >= 15 is 0 Å². The molecular weight excluding hydrogens is 404 g/mol. The van der Waals surface area contributed by atoms with Crippen LogP contribution >= 0.6 is 0 Å². The third kappa shape index (κ3) is 8.13. The zero-order valence-electron chi connectivity index (χ0n) is 18.8. The monoisotopic (exact) mass is 436 g/mol. The van der Waals surface area contributed by atoms with Crippen LogP contribution in [0.3, 0.4) is 0 Å². The Balaban J connectivity index is 1.28. The highest BCUT2D eigenvalue weighted by Crippen LogP contribution is 2.17. The van der Waals surface area contributed by atoms with Crippen molar-refractivity contribution in [1.29, 1.82) is 0 Å². The lowest BCUT2D eigenvalue weighted by Crippen LogP contribution is -2.22. The smallest absolute Gasteiger partial charge is 0.119 e. The molecule has 0 unspecified atom stereocenters. The van der Waals surface area contributed by atoms with Gasteiger partial charge < -0.3 is 29.6 Å². The number of ether oxygens (including phenoxy) is 4. The molecule has 2 N–H and O–H groups in total. The van der Waals surface area contributed by atoms with Gasteiger partial charge in [0.1, 0.15) is 36.2 Å². The van der Waals surface area contributed by atoms with E-state index in [4.69, 9.17) is 18.9 Å². The number of benzene rings is 3. The summed E-state index contributed by atoms with van der Waals surface area (Å²) in [6.45, 7) is 4.39. The van der Waals surface area contributed by atoms with Crippen LogP contribution < -0.4 is 29.6 Å². The molecule has 3 aromatic carbocycles. The minimum absolute atomic E-state index is 0.613. The van der Waals surface area contributed by atoms with E-state index in [0.717, 1.165) is 49.2 Å². The first-order valence-electron chi connectivity index (χ1n) is 10.8. The highest BCUT2D eigenvalue weighted by Gasteiger charge is 1.99. The second-order valence-electron chi connectivity index (χ2n) is 7.22. The Morgan fingerprint density at radius 1 is 0.562 bits per heavy atom. The molecule has 0 amide bonds. The molecular formula is C26H32N2O4. The lowest BCUT2D eigenvalue weighted by molar-refractivity contribution is 0.312. The van der Waals surface area contributed by atoms with Crippen LogP contribution in [0.4, 0.5) is 0 Å². The number of hydrogen-bond acceptors (Lipinski definition) is 6. The van der Waals surface area contributed by atoms with Gasteiger partial charge in [-0.1, -0.05) is 24.3 Å². The van der Waals surface area contributed by atoms with Crippen LogP contribution in [0, 0.1) is 0 Å². The van der Waals surface area contributed by atoms with E-state index in [-0.39, 0.29) is 0 Å². The molecule has 0 atom stereocenters. The van der Waals surface area contributed by atoms with Gasteiger partial charge in [0, 0.05) is 26.2 Å². The third-order valence-corrected chi connectivity index (χ3v) is 4.86. The Kier molecular flexibility index (Phi) is 9.71. The summed E-state index contributed by atoms with van der Waals surface area (Å²) in [5.74, 6) is 3.34. The zero-order valence-corrected chi connectivity index (χ0v) is 18.8. The first kappa shape index (κ1) is 23.4. The molecule has 170 valence electrons. The van der Waals surface area contributed by atoms with Crippen LogP contribution in [-0.2, 0) is 13.1 Å². The molecule has 3 rings (SSSR count). The maximum atomic E-state index is 5.74. The van der Waals surface area contributed by atoms with Gasteiger partial charge in [-0.15, -0.1) is 0 Å². The van der Waals surface area contributed by atoms with Crippen LogP contribution in [0.25, 0.3) is 0 Å². The average molecular weight is 437 g/mol. The molecule has 0 heterocycles. The highest BCUT2D eigenvalue weighted by molar-refractivity contribution is 5.32. The predicted molar refractivity (Wildman–Crippen MR) is 127 cm³/mol. The normalized spacial score (nSPS) is 10.6. The van der Waals surface area contributed by atoms with Crippen molar-refractivity contribution in [2.24, 2.45) is 0 Å². The molecule has 6 heteroatoms. The van der Waals surface area contributed by atoms with Crippen molar-refractivity contribution < 1.29 is 18.9 Å².